The van der Waals surface area contributed by atoms with Crippen LogP contribution in [-0.2, 0) is 4.79 Å². The molecule has 2 amide bonds. The summed E-state index contributed by atoms with van der Waals surface area (Å²) in [6.45, 7) is 5.71. The molecule has 0 bridgehead atoms. The van der Waals surface area contributed by atoms with Crippen LogP contribution in [0.5, 0.6) is 0 Å². The third-order valence-electron chi connectivity index (χ3n) is 5.01. The number of anilines is 2. The maximum atomic E-state index is 12.9. The molecule has 1 aliphatic rings. The average molecular weight is 344 g/mol. The van der Waals surface area contributed by atoms with Crippen LogP contribution in [0.4, 0.5) is 11.4 Å². The first-order valence-corrected chi connectivity index (χ1v) is 8.71. The van der Waals surface area contributed by atoms with Crippen molar-refractivity contribution in [3.63, 3.8) is 0 Å². The van der Waals surface area contributed by atoms with Crippen LogP contribution in [0.25, 0.3) is 10.8 Å². The van der Waals surface area contributed by atoms with E-state index in [1.54, 1.807) is 11.8 Å². The first-order chi connectivity index (χ1) is 12.5. The van der Waals surface area contributed by atoms with Gasteiger partial charge in [0.1, 0.15) is 6.04 Å². The Bertz CT molecular complexity index is 1050. The van der Waals surface area contributed by atoms with Gasteiger partial charge in [-0.15, -0.1) is 0 Å². The van der Waals surface area contributed by atoms with E-state index in [2.05, 4.69) is 5.32 Å². The van der Waals surface area contributed by atoms with Crippen LogP contribution in [0.2, 0.25) is 0 Å². The Morgan fingerprint density at radius 2 is 1.77 bits per heavy atom. The molecule has 1 atom stereocenters. The van der Waals surface area contributed by atoms with Gasteiger partial charge in [-0.3, -0.25) is 14.5 Å². The second-order valence-electron chi connectivity index (χ2n) is 6.84. The molecule has 3 aromatic carbocycles. The van der Waals surface area contributed by atoms with Crippen molar-refractivity contribution in [2.24, 2.45) is 0 Å². The Balaban J connectivity index is 1.68. The van der Waals surface area contributed by atoms with E-state index < -0.39 is 6.04 Å². The predicted octanol–water partition coefficient (Wildman–Crippen LogP) is 4.44. The van der Waals surface area contributed by atoms with Crippen molar-refractivity contribution in [1.82, 2.24) is 0 Å². The molecular formula is C22H20N2O2. The van der Waals surface area contributed by atoms with Gasteiger partial charge in [-0.2, -0.15) is 0 Å². The van der Waals surface area contributed by atoms with Crippen molar-refractivity contribution in [3.05, 3.63) is 71.3 Å². The molecule has 26 heavy (non-hydrogen) atoms. The van der Waals surface area contributed by atoms with Gasteiger partial charge in [-0.1, -0.05) is 36.4 Å². The van der Waals surface area contributed by atoms with Gasteiger partial charge >= 0.3 is 0 Å². The second kappa shape index (κ2) is 5.99. The molecular weight excluding hydrogens is 324 g/mol. The third-order valence-corrected chi connectivity index (χ3v) is 5.01. The van der Waals surface area contributed by atoms with Crippen LogP contribution in [-0.4, -0.2) is 17.9 Å². The number of nitrogens with zero attached hydrogens (tertiary/aromatic N) is 1. The minimum atomic E-state index is -0.611. The second-order valence-corrected chi connectivity index (χ2v) is 6.84. The lowest BCUT2D eigenvalue weighted by atomic mass is 10.1. The lowest BCUT2D eigenvalue weighted by Crippen LogP contribution is -2.44. The number of carbonyl (C=O) groups excluding carboxylic acids is 2. The molecule has 0 aliphatic carbocycles. The Kier molecular flexibility index (Phi) is 3.76. The number of hydrogen-bond acceptors (Lipinski definition) is 2. The largest absolute Gasteiger partial charge is 0.324 e. The molecule has 130 valence electrons. The Hall–Kier alpha value is -3.14. The maximum Gasteiger partial charge on any atom is 0.259 e. The minimum absolute atomic E-state index is 0.125. The molecule has 0 saturated carbocycles. The quantitative estimate of drug-likeness (QED) is 0.763. The molecule has 0 radical (unpaired) electrons. The normalized spacial score (nSPS) is 14.0. The number of rotatable bonds is 3. The van der Waals surface area contributed by atoms with E-state index in [1.165, 1.54) is 0 Å². The molecule has 4 nitrogen and oxygen atoms in total. The monoisotopic (exact) mass is 344 g/mol. The third kappa shape index (κ3) is 2.46. The Labute approximate surface area is 152 Å². The molecule has 0 aromatic heterocycles. The van der Waals surface area contributed by atoms with Gasteiger partial charge in [-0.25, -0.2) is 0 Å². The van der Waals surface area contributed by atoms with E-state index in [0.29, 0.717) is 5.56 Å². The highest BCUT2D eigenvalue weighted by molar-refractivity contribution is 6.27. The van der Waals surface area contributed by atoms with E-state index in [4.69, 9.17) is 0 Å². The van der Waals surface area contributed by atoms with E-state index in [1.807, 2.05) is 68.4 Å². The average Bonchev–Trinajstić information content (AvgIpc) is 2.92. The van der Waals surface area contributed by atoms with E-state index in [-0.39, 0.29) is 11.8 Å². The summed E-state index contributed by atoms with van der Waals surface area (Å²) in [6.07, 6.45) is 0. The standard InChI is InChI=1S/C22H20N2O2/c1-13-10-11-14(2)18(12-13)23-21(25)15(3)24-19-9-5-7-16-6-4-8-17(20(16)19)22(24)26/h4-12,15H,1-3H3,(H,23,25)/t15-/m0/s1. The molecule has 4 rings (SSSR count). The van der Waals surface area contributed by atoms with Crippen molar-refractivity contribution in [3.8, 4) is 0 Å². The lowest BCUT2D eigenvalue weighted by molar-refractivity contribution is -0.117. The highest BCUT2D eigenvalue weighted by atomic mass is 16.2. The number of hydrogen-bond donors (Lipinski definition) is 1. The number of carbonyl (C=O) groups is 2. The van der Waals surface area contributed by atoms with Crippen molar-refractivity contribution >= 4 is 34.0 Å². The van der Waals surface area contributed by atoms with Gasteiger partial charge in [-0.05, 0) is 55.5 Å². The number of aryl methyl sites for hydroxylation is 2. The molecule has 4 heteroatoms. The van der Waals surface area contributed by atoms with Crippen LogP contribution in [0.3, 0.4) is 0 Å². The lowest BCUT2D eigenvalue weighted by Gasteiger charge is -2.25. The highest BCUT2D eigenvalue weighted by Gasteiger charge is 2.35. The molecule has 0 fully saturated rings. The van der Waals surface area contributed by atoms with Crippen LogP contribution in [0.1, 0.15) is 28.4 Å². The van der Waals surface area contributed by atoms with Crippen molar-refractivity contribution < 1.29 is 9.59 Å². The minimum Gasteiger partial charge on any atom is -0.324 e. The summed E-state index contributed by atoms with van der Waals surface area (Å²) in [5, 5.41) is 4.91. The molecule has 3 aromatic rings. The summed E-state index contributed by atoms with van der Waals surface area (Å²) in [5.74, 6) is -0.322. The fourth-order valence-electron chi connectivity index (χ4n) is 3.55. The van der Waals surface area contributed by atoms with Crippen LogP contribution in [0.15, 0.2) is 54.6 Å². The van der Waals surface area contributed by atoms with Crippen molar-refractivity contribution in [1.29, 1.82) is 0 Å². The highest BCUT2D eigenvalue weighted by Crippen LogP contribution is 2.38. The Morgan fingerprint density at radius 1 is 1.04 bits per heavy atom. The number of benzene rings is 3. The summed E-state index contributed by atoms with van der Waals surface area (Å²) >= 11 is 0. The fourth-order valence-corrected chi connectivity index (χ4v) is 3.55. The molecule has 1 heterocycles. The van der Waals surface area contributed by atoms with Gasteiger partial charge in [0.15, 0.2) is 0 Å². The van der Waals surface area contributed by atoms with Gasteiger partial charge in [0.25, 0.3) is 5.91 Å². The van der Waals surface area contributed by atoms with Gasteiger partial charge in [0.05, 0.1) is 5.69 Å². The summed E-state index contributed by atoms with van der Waals surface area (Å²) in [5.41, 5.74) is 4.31. The first-order valence-electron chi connectivity index (χ1n) is 8.71. The molecule has 1 N–H and O–H groups in total. The van der Waals surface area contributed by atoms with Crippen LogP contribution < -0.4 is 10.2 Å². The molecule has 0 saturated heterocycles. The van der Waals surface area contributed by atoms with E-state index >= 15 is 0 Å². The maximum absolute atomic E-state index is 12.9. The van der Waals surface area contributed by atoms with Crippen LogP contribution in [0, 0.1) is 13.8 Å². The number of nitrogens with one attached hydrogen (secondary N) is 1. The summed E-state index contributed by atoms with van der Waals surface area (Å²) in [7, 11) is 0. The predicted molar refractivity (Wildman–Crippen MR) is 105 cm³/mol. The van der Waals surface area contributed by atoms with Crippen molar-refractivity contribution in [2.45, 2.75) is 26.8 Å². The fraction of sp³-hybridized carbons (Fsp3) is 0.182. The van der Waals surface area contributed by atoms with E-state index in [0.717, 1.165) is 33.3 Å². The van der Waals surface area contributed by atoms with E-state index in [9.17, 15) is 9.59 Å². The smallest absolute Gasteiger partial charge is 0.259 e. The zero-order chi connectivity index (χ0) is 18.4. The molecule has 0 spiro atoms. The zero-order valence-electron chi connectivity index (χ0n) is 15.0. The number of amides is 2. The summed E-state index contributed by atoms with van der Waals surface area (Å²) in [4.78, 5) is 27.4. The SMILES string of the molecule is Cc1ccc(C)c(NC(=O)[C@H](C)N2C(=O)c3cccc4cccc2c34)c1. The summed E-state index contributed by atoms with van der Waals surface area (Å²) < 4.78 is 0. The van der Waals surface area contributed by atoms with Crippen molar-refractivity contribution in [2.75, 3.05) is 10.2 Å². The topological polar surface area (TPSA) is 49.4 Å². The van der Waals surface area contributed by atoms with Gasteiger partial charge in [0, 0.05) is 16.6 Å². The first kappa shape index (κ1) is 16.3. The molecule has 1 aliphatic heterocycles. The van der Waals surface area contributed by atoms with Crippen LogP contribution >= 0.6 is 0 Å². The zero-order valence-corrected chi connectivity index (χ0v) is 15.0. The molecule has 0 unspecified atom stereocenters. The summed E-state index contributed by atoms with van der Waals surface area (Å²) in [6, 6.07) is 16.8. The van der Waals surface area contributed by atoms with Gasteiger partial charge < -0.3 is 5.32 Å². The van der Waals surface area contributed by atoms with Gasteiger partial charge in [0.2, 0.25) is 5.91 Å². The Morgan fingerprint density at radius 3 is 2.54 bits per heavy atom.